The van der Waals surface area contributed by atoms with Crippen LogP contribution in [-0.4, -0.2) is 81.9 Å². The van der Waals surface area contributed by atoms with Crippen molar-refractivity contribution < 1.29 is 27.5 Å². The Labute approximate surface area is 209 Å². The molecule has 1 aliphatic rings. The van der Waals surface area contributed by atoms with Crippen LogP contribution in [0.25, 0.3) is 0 Å². The van der Waals surface area contributed by atoms with Gasteiger partial charge in [0.05, 0.1) is 24.5 Å². The molecule has 0 aliphatic carbocycles. The van der Waals surface area contributed by atoms with E-state index < -0.39 is 16.1 Å². The van der Waals surface area contributed by atoms with Crippen LogP contribution < -0.4 is 10.5 Å². The Morgan fingerprint density at radius 3 is 2.54 bits per heavy atom. The lowest BCUT2D eigenvalue weighted by atomic mass is 10.1. The highest BCUT2D eigenvalue weighted by Gasteiger charge is 2.40. The standard InChI is InChI=1S/C23H30N4O6S2/c1-33-13-12-26-16-22(29)27(11-9-18-3-2-14-34-18)20(23(26)30)15-21(28)25-10-8-17-4-6-19(7-5-17)35(24,31)32/h2-7,14,20H,8-13,15-16H2,1H3,(H,25,28)(H2,24,31,32). The van der Waals surface area contributed by atoms with Crippen molar-refractivity contribution in [2.75, 3.05) is 39.9 Å². The number of nitrogens with two attached hydrogens (primary N) is 1. The molecular weight excluding hydrogens is 492 g/mol. The van der Waals surface area contributed by atoms with E-state index in [1.54, 1.807) is 23.5 Å². The van der Waals surface area contributed by atoms with E-state index in [1.165, 1.54) is 29.0 Å². The minimum Gasteiger partial charge on any atom is -0.383 e. The Hall–Kier alpha value is -2.80. The third-order valence-corrected chi connectivity index (χ3v) is 7.60. The van der Waals surface area contributed by atoms with Crippen molar-refractivity contribution in [1.29, 1.82) is 0 Å². The highest BCUT2D eigenvalue weighted by Crippen LogP contribution is 2.18. The van der Waals surface area contributed by atoms with Gasteiger partial charge in [0.15, 0.2) is 0 Å². The fraction of sp³-hybridized carbons (Fsp3) is 0.435. The number of ether oxygens (including phenoxy) is 1. The van der Waals surface area contributed by atoms with Crippen LogP contribution in [0.15, 0.2) is 46.7 Å². The maximum atomic E-state index is 13.1. The van der Waals surface area contributed by atoms with Gasteiger partial charge in [0.25, 0.3) is 0 Å². The van der Waals surface area contributed by atoms with Gasteiger partial charge in [0.2, 0.25) is 27.7 Å². The van der Waals surface area contributed by atoms with Crippen LogP contribution in [0.5, 0.6) is 0 Å². The maximum Gasteiger partial charge on any atom is 0.246 e. The molecule has 12 heteroatoms. The molecule has 1 aromatic heterocycles. The summed E-state index contributed by atoms with van der Waals surface area (Å²) < 4.78 is 27.8. The molecule has 3 rings (SSSR count). The minimum atomic E-state index is -3.76. The van der Waals surface area contributed by atoms with E-state index in [0.717, 1.165) is 10.4 Å². The molecule has 1 aromatic carbocycles. The van der Waals surface area contributed by atoms with Crippen molar-refractivity contribution in [2.45, 2.75) is 30.2 Å². The van der Waals surface area contributed by atoms with Crippen molar-refractivity contribution in [3.05, 3.63) is 52.2 Å². The number of sulfonamides is 1. The van der Waals surface area contributed by atoms with E-state index in [0.29, 0.717) is 32.5 Å². The topological polar surface area (TPSA) is 139 Å². The van der Waals surface area contributed by atoms with Gasteiger partial charge in [-0.25, -0.2) is 13.6 Å². The second kappa shape index (κ2) is 12.2. The summed E-state index contributed by atoms with van der Waals surface area (Å²) in [6, 6.07) is 9.14. The van der Waals surface area contributed by atoms with Gasteiger partial charge in [-0.15, -0.1) is 11.3 Å². The molecule has 0 saturated carbocycles. The number of nitrogens with one attached hydrogen (secondary N) is 1. The van der Waals surface area contributed by atoms with Gasteiger partial charge in [-0.2, -0.15) is 0 Å². The second-order valence-corrected chi connectivity index (χ2v) is 10.8. The molecule has 1 unspecified atom stereocenters. The summed E-state index contributed by atoms with van der Waals surface area (Å²) >= 11 is 1.58. The first-order chi connectivity index (χ1) is 16.7. The lowest BCUT2D eigenvalue weighted by molar-refractivity contribution is -0.157. The first kappa shape index (κ1) is 26.8. The quantitative estimate of drug-likeness (QED) is 0.413. The van der Waals surface area contributed by atoms with Crippen molar-refractivity contribution >= 4 is 39.1 Å². The van der Waals surface area contributed by atoms with Crippen LogP contribution in [-0.2, 0) is 42.0 Å². The molecule has 1 fully saturated rings. The number of benzene rings is 1. The molecule has 1 atom stereocenters. The molecule has 1 saturated heterocycles. The smallest absolute Gasteiger partial charge is 0.246 e. The summed E-state index contributed by atoms with van der Waals surface area (Å²) in [5, 5.41) is 9.85. The normalized spacial score (nSPS) is 16.6. The second-order valence-electron chi connectivity index (χ2n) is 8.18. The third kappa shape index (κ3) is 7.59. The highest BCUT2D eigenvalue weighted by atomic mass is 32.2. The average Bonchev–Trinajstić information content (AvgIpc) is 3.33. The molecular formula is C23H30N4O6S2. The number of thiophene rings is 1. The summed E-state index contributed by atoms with van der Waals surface area (Å²) in [6.07, 6.45) is 0.945. The molecule has 10 nitrogen and oxygen atoms in total. The molecule has 0 spiro atoms. The van der Waals surface area contributed by atoms with Gasteiger partial charge in [-0.1, -0.05) is 18.2 Å². The number of hydrogen-bond donors (Lipinski definition) is 2. The van der Waals surface area contributed by atoms with Crippen LogP contribution in [0.1, 0.15) is 16.9 Å². The number of nitrogens with zero attached hydrogens (tertiary/aromatic N) is 2. The van der Waals surface area contributed by atoms with Gasteiger partial charge < -0.3 is 19.9 Å². The molecule has 0 bridgehead atoms. The Bertz CT molecular complexity index is 1120. The molecule has 190 valence electrons. The third-order valence-electron chi connectivity index (χ3n) is 5.73. The molecule has 1 aliphatic heterocycles. The average molecular weight is 523 g/mol. The lowest BCUT2D eigenvalue weighted by Crippen LogP contribution is -2.61. The SMILES string of the molecule is COCCN1CC(=O)N(CCc2cccs2)C(CC(=O)NCCc2ccc(S(N)(=O)=O)cc2)C1=O. The first-order valence-corrected chi connectivity index (χ1v) is 13.6. The fourth-order valence-electron chi connectivity index (χ4n) is 3.84. The zero-order valence-corrected chi connectivity index (χ0v) is 21.1. The van der Waals surface area contributed by atoms with Crippen LogP contribution in [0, 0.1) is 0 Å². The van der Waals surface area contributed by atoms with Crippen LogP contribution in [0.2, 0.25) is 0 Å². The first-order valence-electron chi connectivity index (χ1n) is 11.2. The predicted molar refractivity (Wildman–Crippen MR) is 131 cm³/mol. The molecule has 2 aromatic rings. The van der Waals surface area contributed by atoms with E-state index in [4.69, 9.17) is 9.88 Å². The zero-order valence-electron chi connectivity index (χ0n) is 19.5. The number of primary sulfonamides is 1. The van der Waals surface area contributed by atoms with Crippen LogP contribution in [0.4, 0.5) is 0 Å². The largest absolute Gasteiger partial charge is 0.383 e. The number of piperazine rings is 1. The summed E-state index contributed by atoms with van der Waals surface area (Å²) in [5.74, 6) is -0.793. The fourth-order valence-corrected chi connectivity index (χ4v) is 5.06. The van der Waals surface area contributed by atoms with Gasteiger partial charge in [0.1, 0.15) is 6.04 Å². The predicted octanol–water partition coefficient (Wildman–Crippen LogP) is 0.373. The van der Waals surface area contributed by atoms with E-state index in [9.17, 15) is 22.8 Å². The Morgan fingerprint density at radius 1 is 1.17 bits per heavy atom. The minimum absolute atomic E-state index is 0.0198. The highest BCUT2D eigenvalue weighted by molar-refractivity contribution is 7.89. The molecule has 0 radical (unpaired) electrons. The van der Waals surface area contributed by atoms with Crippen molar-refractivity contribution in [1.82, 2.24) is 15.1 Å². The summed E-state index contributed by atoms with van der Waals surface area (Å²) in [4.78, 5) is 42.8. The molecule has 3 N–H and O–H groups in total. The summed E-state index contributed by atoms with van der Waals surface area (Å²) in [5.41, 5.74) is 0.824. The zero-order chi connectivity index (χ0) is 25.4. The number of carbonyl (C=O) groups is 3. The molecule has 35 heavy (non-hydrogen) atoms. The van der Waals surface area contributed by atoms with E-state index in [-0.39, 0.29) is 42.1 Å². The number of amides is 3. The summed E-state index contributed by atoms with van der Waals surface area (Å²) in [7, 11) is -2.23. The molecule has 3 amide bonds. The number of hydrogen-bond acceptors (Lipinski definition) is 7. The maximum absolute atomic E-state index is 13.1. The number of carbonyl (C=O) groups excluding carboxylic acids is 3. The van der Waals surface area contributed by atoms with E-state index >= 15 is 0 Å². The lowest BCUT2D eigenvalue weighted by Gasteiger charge is -2.40. The van der Waals surface area contributed by atoms with Gasteiger partial charge >= 0.3 is 0 Å². The van der Waals surface area contributed by atoms with Crippen LogP contribution in [0.3, 0.4) is 0 Å². The van der Waals surface area contributed by atoms with Crippen molar-refractivity contribution in [3.8, 4) is 0 Å². The Balaban J connectivity index is 1.60. The Kier molecular flexibility index (Phi) is 9.38. The van der Waals surface area contributed by atoms with Crippen molar-refractivity contribution in [2.24, 2.45) is 5.14 Å². The van der Waals surface area contributed by atoms with Gasteiger partial charge in [-0.3, -0.25) is 14.4 Å². The van der Waals surface area contributed by atoms with Gasteiger partial charge in [0, 0.05) is 31.6 Å². The van der Waals surface area contributed by atoms with Crippen LogP contribution >= 0.6 is 11.3 Å². The van der Waals surface area contributed by atoms with Gasteiger partial charge in [-0.05, 0) is 42.0 Å². The Morgan fingerprint density at radius 2 is 1.91 bits per heavy atom. The van der Waals surface area contributed by atoms with Crippen molar-refractivity contribution in [3.63, 3.8) is 0 Å². The molecule has 2 heterocycles. The monoisotopic (exact) mass is 522 g/mol. The number of methoxy groups -OCH3 is 1. The van der Waals surface area contributed by atoms with E-state index in [2.05, 4.69) is 5.32 Å². The summed E-state index contributed by atoms with van der Waals surface area (Å²) in [6.45, 7) is 1.21. The van der Waals surface area contributed by atoms with E-state index in [1.807, 2.05) is 17.5 Å². The number of rotatable bonds is 12.